The molecule has 0 saturated heterocycles. The molecule has 0 aliphatic carbocycles. The van der Waals surface area contributed by atoms with E-state index in [1.165, 1.54) is 18.2 Å². The summed E-state index contributed by atoms with van der Waals surface area (Å²) in [6.45, 7) is 0. The number of aliphatic hydroxyl groups excluding tert-OH is 1. The SMILES string of the molecule is O=C(/C=C(O)/C=C/c1cccc2[nH]ccc12)/C=C/c1cccc2[nH]ccc12. The summed E-state index contributed by atoms with van der Waals surface area (Å²) in [5.74, 6) is -0.360. The third-order valence-electron chi connectivity index (χ3n) is 4.41. The second-order valence-corrected chi connectivity index (χ2v) is 6.21. The average molecular weight is 354 g/mol. The monoisotopic (exact) mass is 354 g/mol. The number of hydrogen-bond acceptors (Lipinski definition) is 2. The van der Waals surface area contributed by atoms with Gasteiger partial charge in [-0.25, -0.2) is 0 Å². The summed E-state index contributed by atoms with van der Waals surface area (Å²) in [6, 6.07) is 15.7. The topological polar surface area (TPSA) is 68.9 Å². The lowest BCUT2D eigenvalue weighted by molar-refractivity contribution is -0.110. The van der Waals surface area contributed by atoms with Crippen molar-refractivity contribution in [3.05, 3.63) is 96.0 Å². The highest BCUT2D eigenvalue weighted by atomic mass is 16.3. The van der Waals surface area contributed by atoms with Gasteiger partial charge in [0.25, 0.3) is 0 Å². The summed E-state index contributed by atoms with van der Waals surface area (Å²) in [5.41, 5.74) is 3.96. The van der Waals surface area contributed by atoms with Crippen molar-refractivity contribution in [3.8, 4) is 0 Å². The predicted molar refractivity (Wildman–Crippen MR) is 110 cm³/mol. The van der Waals surface area contributed by atoms with E-state index in [4.69, 9.17) is 0 Å². The van der Waals surface area contributed by atoms with Crippen LogP contribution in [0, 0.1) is 0 Å². The fourth-order valence-electron chi connectivity index (χ4n) is 3.10. The van der Waals surface area contributed by atoms with Gasteiger partial charge in [-0.3, -0.25) is 4.79 Å². The summed E-state index contributed by atoms with van der Waals surface area (Å²) in [5, 5.41) is 12.2. The third-order valence-corrected chi connectivity index (χ3v) is 4.41. The molecule has 4 heteroatoms. The molecule has 27 heavy (non-hydrogen) atoms. The lowest BCUT2D eigenvalue weighted by Gasteiger charge is -1.97. The van der Waals surface area contributed by atoms with Crippen molar-refractivity contribution in [1.29, 1.82) is 0 Å². The van der Waals surface area contributed by atoms with Gasteiger partial charge >= 0.3 is 0 Å². The van der Waals surface area contributed by atoms with Crippen LogP contribution in [0.4, 0.5) is 0 Å². The fraction of sp³-hybridized carbons (Fsp3) is 0. The first-order chi connectivity index (χ1) is 13.2. The molecule has 0 aliphatic rings. The van der Waals surface area contributed by atoms with E-state index in [-0.39, 0.29) is 11.5 Å². The molecular weight excluding hydrogens is 336 g/mol. The van der Waals surface area contributed by atoms with E-state index in [2.05, 4.69) is 9.97 Å². The van der Waals surface area contributed by atoms with Crippen LogP contribution in [-0.2, 0) is 4.79 Å². The molecule has 4 rings (SSSR count). The first kappa shape index (κ1) is 16.7. The Morgan fingerprint density at radius 2 is 1.33 bits per heavy atom. The van der Waals surface area contributed by atoms with Gasteiger partial charge in [0.2, 0.25) is 0 Å². The van der Waals surface area contributed by atoms with Gasteiger partial charge in [-0.05, 0) is 47.5 Å². The molecule has 0 radical (unpaired) electrons. The quantitative estimate of drug-likeness (QED) is 0.256. The van der Waals surface area contributed by atoms with E-state index < -0.39 is 0 Å². The Kier molecular flexibility index (Phi) is 4.45. The maximum atomic E-state index is 12.1. The number of fused-ring (bicyclic) bond motifs is 2. The van der Waals surface area contributed by atoms with E-state index in [0.29, 0.717) is 0 Å². The summed E-state index contributed by atoms with van der Waals surface area (Å²) in [4.78, 5) is 18.4. The Hall–Kier alpha value is -3.79. The number of rotatable bonds is 5. The zero-order chi connectivity index (χ0) is 18.6. The highest BCUT2D eigenvalue weighted by Crippen LogP contribution is 2.20. The first-order valence-corrected chi connectivity index (χ1v) is 8.64. The Balaban J connectivity index is 1.50. The minimum absolute atomic E-state index is 0.0861. The Labute approximate surface area is 156 Å². The smallest absolute Gasteiger partial charge is 0.182 e. The lowest BCUT2D eigenvalue weighted by Crippen LogP contribution is -1.88. The van der Waals surface area contributed by atoms with E-state index >= 15 is 0 Å². The standard InChI is InChI=1S/C23H18N2O2/c26-18(9-7-16-3-1-5-22-20(16)11-13-24-22)15-19(27)10-8-17-4-2-6-23-21(17)12-14-25-23/h1-15,24-26H/b9-7+,10-8+,18-15-. The van der Waals surface area contributed by atoms with Gasteiger partial charge in [0.05, 0.1) is 0 Å². The number of hydrogen-bond donors (Lipinski definition) is 3. The largest absolute Gasteiger partial charge is 0.508 e. The highest BCUT2D eigenvalue weighted by Gasteiger charge is 2.01. The van der Waals surface area contributed by atoms with Crippen LogP contribution in [0.2, 0.25) is 0 Å². The average Bonchev–Trinajstić information content (AvgIpc) is 3.33. The van der Waals surface area contributed by atoms with Crippen LogP contribution in [-0.4, -0.2) is 20.9 Å². The molecular formula is C23H18N2O2. The molecule has 0 aliphatic heterocycles. The number of aromatic amines is 2. The maximum absolute atomic E-state index is 12.1. The maximum Gasteiger partial charge on any atom is 0.182 e. The Bertz CT molecular complexity index is 1210. The third kappa shape index (κ3) is 3.60. The minimum atomic E-state index is -0.274. The van der Waals surface area contributed by atoms with Gasteiger partial charge < -0.3 is 15.1 Å². The number of nitrogens with one attached hydrogen (secondary N) is 2. The number of aliphatic hydroxyl groups is 1. The molecule has 0 unspecified atom stereocenters. The molecule has 2 aromatic heterocycles. The molecule has 3 N–H and O–H groups in total. The van der Waals surface area contributed by atoms with Crippen LogP contribution in [0.15, 0.2) is 84.9 Å². The molecule has 0 saturated carbocycles. The second kappa shape index (κ2) is 7.22. The Morgan fingerprint density at radius 3 is 1.93 bits per heavy atom. The lowest BCUT2D eigenvalue weighted by atomic mass is 10.1. The molecule has 132 valence electrons. The van der Waals surface area contributed by atoms with Crippen LogP contribution < -0.4 is 0 Å². The van der Waals surface area contributed by atoms with Crippen molar-refractivity contribution in [1.82, 2.24) is 9.97 Å². The van der Waals surface area contributed by atoms with E-state index in [1.807, 2.05) is 60.9 Å². The molecule has 0 atom stereocenters. The molecule has 2 heterocycles. The predicted octanol–water partition coefficient (Wildman–Crippen LogP) is 5.39. The summed E-state index contributed by atoms with van der Waals surface area (Å²) >= 11 is 0. The van der Waals surface area contributed by atoms with Gasteiger partial charge in [-0.15, -0.1) is 0 Å². The summed E-state index contributed by atoms with van der Waals surface area (Å²) < 4.78 is 0. The molecule has 0 bridgehead atoms. The van der Waals surface area contributed by atoms with Crippen LogP contribution in [0.1, 0.15) is 11.1 Å². The molecule has 0 spiro atoms. The number of aromatic nitrogens is 2. The number of H-pyrrole nitrogens is 2. The van der Waals surface area contributed by atoms with E-state index in [1.54, 1.807) is 12.2 Å². The zero-order valence-electron chi connectivity index (χ0n) is 14.5. The summed E-state index contributed by atoms with van der Waals surface area (Å²) in [6.07, 6.45) is 11.5. The minimum Gasteiger partial charge on any atom is -0.508 e. The van der Waals surface area contributed by atoms with Crippen molar-refractivity contribution in [2.24, 2.45) is 0 Å². The van der Waals surface area contributed by atoms with Gasteiger partial charge in [-0.1, -0.05) is 36.4 Å². The molecule has 2 aromatic carbocycles. The molecule has 4 aromatic rings. The van der Waals surface area contributed by atoms with Crippen molar-refractivity contribution in [2.75, 3.05) is 0 Å². The van der Waals surface area contributed by atoms with Gasteiger partial charge in [-0.2, -0.15) is 0 Å². The van der Waals surface area contributed by atoms with Crippen LogP contribution in [0.5, 0.6) is 0 Å². The Morgan fingerprint density at radius 1 is 0.778 bits per heavy atom. The molecule has 0 fully saturated rings. The van der Waals surface area contributed by atoms with E-state index in [0.717, 1.165) is 32.9 Å². The fourth-order valence-corrected chi connectivity index (χ4v) is 3.10. The van der Waals surface area contributed by atoms with Crippen LogP contribution in [0.3, 0.4) is 0 Å². The number of carbonyl (C=O) groups is 1. The van der Waals surface area contributed by atoms with Crippen LogP contribution in [0.25, 0.3) is 34.0 Å². The van der Waals surface area contributed by atoms with Crippen molar-refractivity contribution in [3.63, 3.8) is 0 Å². The van der Waals surface area contributed by atoms with E-state index in [9.17, 15) is 9.90 Å². The van der Waals surface area contributed by atoms with Crippen LogP contribution >= 0.6 is 0 Å². The van der Waals surface area contributed by atoms with Gasteiger partial charge in [0.15, 0.2) is 5.78 Å². The van der Waals surface area contributed by atoms with Crippen molar-refractivity contribution in [2.45, 2.75) is 0 Å². The molecule has 4 nitrogen and oxygen atoms in total. The number of carbonyl (C=O) groups excluding carboxylic acids is 1. The van der Waals surface area contributed by atoms with Crippen molar-refractivity contribution >= 4 is 39.7 Å². The number of benzene rings is 2. The zero-order valence-corrected chi connectivity index (χ0v) is 14.5. The number of allylic oxidation sites excluding steroid dienone is 3. The molecule has 0 amide bonds. The second-order valence-electron chi connectivity index (χ2n) is 6.21. The highest BCUT2D eigenvalue weighted by molar-refractivity contribution is 6.04. The van der Waals surface area contributed by atoms with Gasteiger partial charge in [0, 0.05) is 40.3 Å². The van der Waals surface area contributed by atoms with Gasteiger partial charge in [0.1, 0.15) is 5.76 Å². The number of ketones is 1. The normalized spacial score (nSPS) is 12.7. The van der Waals surface area contributed by atoms with Crippen molar-refractivity contribution < 1.29 is 9.90 Å². The first-order valence-electron chi connectivity index (χ1n) is 8.64. The summed E-state index contributed by atoms with van der Waals surface area (Å²) in [7, 11) is 0.